The van der Waals surface area contributed by atoms with Crippen molar-refractivity contribution in [1.82, 2.24) is 4.90 Å². The molecule has 1 aliphatic rings. The van der Waals surface area contributed by atoms with Crippen LogP contribution in [0.2, 0.25) is 0 Å². The standard InChI is InChI=1S/C20H33N2.BrH/c1-3-4-5-6-7-8-9-10-16-22-17-11-13-19(18-22)20-14-12-15-21(20)2;/h7-8,11,13,17-18,20H,3-6,9-10,12,14-16H2,1-2H3;1H/q+1;/p-1/t20-;/m0./s1. The van der Waals surface area contributed by atoms with Crippen LogP contribution < -0.4 is 21.5 Å². The van der Waals surface area contributed by atoms with E-state index in [4.69, 9.17) is 0 Å². The minimum atomic E-state index is 0. The Morgan fingerprint density at radius 1 is 1.22 bits per heavy atom. The van der Waals surface area contributed by atoms with E-state index < -0.39 is 0 Å². The maximum atomic E-state index is 2.48. The minimum absolute atomic E-state index is 0. The zero-order valence-corrected chi connectivity index (χ0v) is 16.5. The average Bonchev–Trinajstić information content (AvgIpc) is 2.96. The van der Waals surface area contributed by atoms with Crippen LogP contribution in [0, 0.1) is 0 Å². The Bertz CT molecular complexity index is 459. The third-order valence-corrected chi connectivity index (χ3v) is 4.71. The van der Waals surface area contributed by atoms with Gasteiger partial charge in [-0.1, -0.05) is 31.9 Å². The molecule has 2 heterocycles. The Labute approximate surface area is 153 Å². The second kappa shape index (κ2) is 11.8. The summed E-state index contributed by atoms with van der Waals surface area (Å²) in [6.07, 6.45) is 19.7. The van der Waals surface area contributed by atoms with Gasteiger partial charge in [-0.2, -0.15) is 0 Å². The van der Waals surface area contributed by atoms with Crippen molar-refractivity contribution in [2.75, 3.05) is 13.6 Å². The number of halogens is 1. The Morgan fingerprint density at radius 2 is 2.00 bits per heavy atom. The van der Waals surface area contributed by atoms with Crippen LogP contribution in [0.15, 0.2) is 36.7 Å². The number of aryl methyl sites for hydroxylation is 1. The highest BCUT2D eigenvalue weighted by Crippen LogP contribution is 2.29. The zero-order chi connectivity index (χ0) is 15.6. The van der Waals surface area contributed by atoms with E-state index in [1.165, 1.54) is 63.5 Å². The van der Waals surface area contributed by atoms with Gasteiger partial charge in [0.25, 0.3) is 0 Å². The molecule has 1 saturated heterocycles. The number of likely N-dealkylation sites (tertiary alicyclic amines) is 1. The zero-order valence-electron chi connectivity index (χ0n) is 14.9. The molecule has 23 heavy (non-hydrogen) atoms. The SMILES string of the molecule is CCCCCC=CCCC[n+]1cccc([C@@H]2CCCN2C)c1.[Br-]. The third kappa shape index (κ3) is 7.17. The number of aromatic nitrogens is 1. The molecule has 0 aliphatic carbocycles. The molecule has 3 heteroatoms. The maximum absolute atomic E-state index is 2.48. The quantitative estimate of drug-likeness (QED) is 0.359. The van der Waals surface area contributed by atoms with Gasteiger partial charge in [-0.05, 0) is 51.8 Å². The van der Waals surface area contributed by atoms with Crippen LogP contribution in [-0.4, -0.2) is 18.5 Å². The largest absolute Gasteiger partial charge is 1.00 e. The monoisotopic (exact) mass is 380 g/mol. The number of hydrogen-bond acceptors (Lipinski definition) is 1. The van der Waals surface area contributed by atoms with Gasteiger partial charge >= 0.3 is 0 Å². The van der Waals surface area contributed by atoms with Crippen LogP contribution in [-0.2, 0) is 6.54 Å². The van der Waals surface area contributed by atoms with Gasteiger partial charge in [0.1, 0.15) is 6.54 Å². The molecule has 2 nitrogen and oxygen atoms in total. The number of rotatable bonds is 9. The minimum Gasteiger partial charge on any atom is -1.00 e. The van der Waals surface area contributed by atoms with Crippen LogP contribution in [0.1, 0.15) is 69.9 Å². The van der Waals surface area contributed by atoms with Gasteiger partial charge in [0.05, 0.1) is 0 Å². The molecule has 1 fully saturated rings. The molecule has 0 radical (unpaired) electrons. The van der Waals surface area contributed by atoms with E-state index in [-0.39, 0.29) is 17.0 Å². The summed E-state index contributed by atoms with van der Waals surface area (Å²) in [7, 11) is 2.25. The van der Waals surface area contributed by atoms with E-state index >= 15 is 0 Å². The van der Waals surface area contributed by atoms with E-state index in [0.717, 1.165) is 6.54 Å². The van der Waals surface area contributed by atoms with E-state index in [0.29, 0.717) is 6.04 Å². The highest BCUT2D eigenvalue weighted by Gasteiger charge is 2.24. The second-order valence-electron chi connectivity index (χ2n) is 6.62. The first-order valence-corrected chi connectivity index (χ1v) is 9.15. The van der Waals surface area contributed by atoms with Crippen molar-refractivity contribution in [3.63, 3.8) is 0 Å². The van der Waals surface area contributed by atoms with Crippen molar-refractivity contribution in [3.05, 3.63) is 42.2 Å². The second-order valence-corrected chi connectivity index (χ2v) is 6.62. The lowest BCUT2D eigenvalue weighted by atomic mass is 10.1. The molecule has 0 N–H and O–H groups in total. The number of unbranched alkanes of at least 4 members (excludes halogenated alkanes) is 4. The van der Waals surface area contributed by atoms with Gasteiger partial charge in [-0.25, -0.2) is 4.57 Å². The fraction of sp³-hybridized carbons (Fsp3) is 0.650. The van der Waals surface area contributed by atoms with Crippen molar-refractivity contribution < 1.29 is 21.5 Å². The van der Waals surface area contributed by atoms with E-state index in [1.54, 1.807) is 0 Å². The van der Waals surface area contributed by atoms with Crippen LogP contribution in [0.3, 0.4) is 0 Å². The van der Waals surface area contributed by atoms with Gasteiger partial charge in [0.2, 0.25) is 0 Å². The topological polar surface area (TPSA) is 7.12 Å². The summed E-state index contributed by atoms with van der Waals surface area (Å²) in [5, 5.41) is 0. The number of hydrogen-bond donors (Lipinski definition) is 0. The van der Waals surface area contributed by atoms with Crippen LogP contribution >= 0.6 is 0 Å². The van der Waals surface area contributed by atoms with Gasteiger partial charge in [0.15, 0.2) is 12.4 Å². The molecule has 0 unspecified atom stereocenters. The smallest absolute Gasteiger partial charge is 0.173 e. The van der Waals surface area contributed by atoms with Crippen molar-refractivity contribution >= 4 is 0 Å². The molecular formula is C20H33BrN2. The molecule has 1 atom stereocenters. The normalized spacial score (nSPS) is 18.4. The molecule has 1 aliphatic heterocycles. The molecule has 0 amide bonds. The van der Waals surface area contributed by atoms with Crippen LogP contribution in [0.4, 0.5) is 0 Å². The number of nitrogens with zero attached hydrogens (tertiary/aromatic N) is 2. The van der Waals surface area contributed by atoms with Crippen LogP contribution in [0.25, 0.3) is 0 Å². The summed E-state index contributed by atoms with van der Waals surface area (Å²) in [4.78, 5) is 2.48. The first-order chi connectivity index (χ1) is 10.8. The van der Waals surface area contributed by atoms with Crippen molar-refractivity contribution in [2.45, 2.75) is 70.9 Å². The fourth-order valence-corrected chi connectivity index (χ4v) is 3.35. The van der Waals surface area contributed by atoms with Crippen molar-refractivity contribution in [1.29, 1.82) is 0 Å². The molecule has 0 aromatic carbocycles. The van der Waals surface area contributed by atoms with Gasteiger partial charge < -0.3 is 17.0 Å². The van der Waals surface area contributed by atoms with Crippen molar-refractivity contribution in [2.24, 2.45) is 0 Å². The van der Waals surface area contributed by atoms with Gasteiger partial charge in [0, 0.05) is 24.1 Å². The Hall–Kier alpha value is -0.670. The summed E-state index contributed by atoms with van der Waals surface area (Å²) in [5.41, 5.74) is 1.48. The fourth-order valence-electron chi connectivity index (χ4n) is 3.35. The lowest BCUT2D eigenvalue weighted by molar-refractivity contribution is -0.697. The first-order valence-electron chi connectivity index (χ1n) is 9.15. The molecule has 1 aromatic heterocycles. The van der Waals surface area contributed by atoms with Crippen molar-refractivity contribution in [3.8, 4) is 0 Å². The average molecular weight is 381 g/mol. The van der Waals surface area contributed by atoms with Gasteiger partial charge in [-0.15, -0.1) is 0 Å². The molecular weight excluding hydrogens is 348 g/mol. The van der Waals surface area contributed by atoms with E-state index in [9.17, 15) is 0 Å². The Morgan fingerprint density at radius 3 is 2.70 bits per heavy atom. The molecule has 130 valence electrons. The molecule has 0 bridgehead atoms. The van der Waals surface area contributed by atoms with E-state index in [1.807, 2.05) is 0 Å². The lowest BCUT2D eigenvalue weighted by Crippen LogP contribution is -3.00. The van der Waals surface area contributed by atoms with Crippen LogP contribution in [0.5, 0.6) is 0 Å². The number of allylic oxidation sites excluding steroid dienone is 2. The Kier molecular flexibility index (Phi) is 10.5. The van der Waals surface area contributed by atoms with E-state index in [2.05, 4.69) is 60.1 Å². The number of pyridine rings is 1. The summed E-state index contributed by atoms with van der Waals surface area (Å²) in [6, 6.07) is 5.13. The van der Waals surface area contributed by atoms with Gasteiger partial charge in [-0.3, -0.25) is 4.90 Å². The molecule has 0 spiro atoms. The summed E-state index contributed by atoms with van der Waals surface area (Å²) >= 11 is 0. The summed E-state index contributed by atoms with van der Waals surface area (Å²) in [6.45, 7) is 4.63. The first kappa shape index (κ1) is 20.4. The molecule has 2 rings (SSSR count). The predicted octanol–water partition coefficient (Wildman–Crippen LogP) is 1.66. The summed E-state index contributed by atoms with van der Waals surface area (Å²) < 4.78 is 2.37. The lowest BCUT2D eigenvalue weighted by Gasteiger charge is -2.18. The molecule has 1 aromatic rings. The third-order valence-electron chi connectivity index (χ3n) is 4.71. The summed E-state index contributed by atoms with van der Waals surface area (Å²) in [5.74, 6) is 0. The maximum Gasteiger partial charge on any atom is 0.173 e. The predicted molar refractivity (Wildman–Crippen MR) is 93.8 cm³/mol. The highest BCUT2D eigenvalue weighted by molar-refractivity contribution is 5.12. The Balaban J connectivity index is 0.00000264. The molecule has 0 saturated carbocycles. The highest BCUT2D eigenvalue weighted by atomic mass is 79.9.